The monoisotopic (exact) mass is 238 g/mol. The van der Waals surface area contributed by atoms with Crippen LogP contribution in [-0.4, -0.2) is 21.2 Å². The van der Waals surface area contributed by atoms with E-state index in [1.165, 1.54) is 11.3 Å². The summed E-state index contributed by atoms with van der Waals surface area (Å²) in [6, 6.07) is 0.0451. The van der Waals surface area contributed by atoms with E-state index in [9.17, 15) is 0 Å². The SMILES string of the molecule is CCC(N)C(C)c1nc(-c2cscn2)no1. The van der Waals surface area contributed by atoms with Crippen LogP contribution in [0.4, 0.5) is 0 Å². The molecule has 16 heavy (non-hydrogen) atoms. The number of nitrogens with zero attached hydrogens (tertiary/aromatic N) is 3. The lowest BCUT2D eigenvalue weighted by molar-refractivity contribution is 0.340. The number of hydrogen-bond acceptors (Lipinski definition) is 6. The van der Waals surface area contributed by atoms with E-state index >= 15 is 0 Å². The van der Waals surface area contributed by atoms with E-state index in [0.717, 1.165) is 12.1 Å². The predicted molar refractivity (Wildman–Crippen MR) is 62.1 cm³/mol. The quantitative estimate of drug-likeness (QED) is 0.881. The Morgan fingerprint density at radius 1 is 1.56 bits per heavy atom. The fourth-order valence-electron chi connectivity index (χ4n) is 1.38. The molecule has 5 nitrogen and oxygen atoms in total. The summed E-state index contributed by atoms with van der Waals surface area (Å²) in [6.07, 6.45) is 0.885. The summed E-state index contributed by atoms with van der Waals surface area (Å²) in [5.74, 6) is 1.19. The van der Waals surface area contributed by atoms with Crippen molar-refractivity contribution in [1.29, 1.82) is 0 Å². The Balaban J connectivity index is 2.20. The summed E-state index contributed by atoms with van der Waals surface area (Å²) in [5.41, 5.74) is 8.43. The van der Waals surface area contributed by atoms with Crippen LogP contribution in [0.2, 0.25) is 0 Å². The zero-order valence-electron chi connectivity index (χ0n) is 9.25. The number of hydrogen-bond donors (Lipinski definition) is 1. The van der Waals surface area contributed by atoms with Crippen LogP contribution < -0.4 is 5.73 Å². The summed E-state index contributed by atoms with van der Waals surface area (Å²) in [6.45, 7) is 4.03. The Labute approximate surface area is 97.7 Å². The molecule has 6 heteroatoms. The first-order chi connectivity index (χ1) is 7.72. The van der Waals surface area contributed by atoms with Crippen molar-refractivity contribution < 1.29 is 4.52 Å². The minimum atomic E-state index is 0.0451. The van der Waals surface area contributed by atoms with Crippen LogP contribution in [0.3, 0.4) is 0 Å². The van der Waals surface area contributed by atoms with Crippen LogP contribution in [0.15, 0.2) is 15.4 Å². The van der Waals surface area contributed by atoms with E-state index < -0.39 is 0 Å². The highest BCUT2D eigenvalue weighted by molar-refractivity contribution is 7.07. The molecule has 0 aliphatic carbocycles. The van der Waals surface area contributed by atoms with Gasteiger partial charge in [-0.2, -0.15) is 4.98 Å². The van der Waals surface area contributed by atoms with Gasteiger partial charge < -0.3 is 10.3 Å². The molecule has 0 amide bonds. The van der Waals surface area contributed by atoms with Gasteiger partial charge in [0.25, 0.3) is 0 Å². The Kier molecular flexibility index (Phi) is 3.31. The summed E-state index contributed by atoms with van der Waals surface area (Å²) in [5, 5.41) is 5.79. The first kappa shape index (κ1) is 11.2. The zero-order valence-corrected chi connectivity index (χ0v) is 10.1. The molecule has 86 valence electrons. The Morgan fingerprint density at radius 2 is 2.38 bits per heavy atom. The molecule has 0 radical (unpaired) electrons. The normalized spacial score (nSPS) is 14.9. The molecule has 2 aromatic rings. The van der Waals surface area contributed by atoms with Crippen LogP contribution >= 0.6 is 11.3 Å². The summed E-state index contributed by atoms with van der Waals surface area (Å²) in [7, 11) is 0. The first-order valence-corrected chi connectivity index (χ1v) is 6.14. The van der Waals surface area contributed by atoms with Crippen molar-refractivity contribution in [3.05, 3.63) is 16.8 Å². The maximum absolute atomic E-state index is 5.94. The van der Waals surface area contributed by atoms with E-state index in [2.05, 4.69) is 15.1 Å². The van der Waals surface area contributed by atoms with Gasteiger partial charge in [-0.3, -0.25) is 0 Å². The van der Waals surface area contributed by atoms with E-state index in [-0.39, 0.29) is 12.0 Å². The maximum atomic E-state index is 5.94. The average molecular weight is 238 g/mol. The van der Waals surface area contributed by atoms with Gasteiger partial charge in [-0.1, -0.05) is 19.0 Å². The van der Waals surface area contributed by atoms with Gasteiger partial charge >= 0.3 is 0 Å². The van der Waals surface area contributed by atoms with Crippen molar-refractivity contribution in [3.8, 4) is 11.5 Å². The molecule has 2 aromatic heterocycles. The van der Waals surface area contributed by atoms with Gasteiger partial charge in [-0.25, -0.2) is 4.98 Å². The van der Waals surface area contributed by atoms with Gasteiger partial charge in [0.1, 0.15) is 5.69 Å². The summed E-state index contributed by atoms with van der Waals surface area (Å²) < 4.78 is 5.20. The zero-order chi connectivity index (χ0) is 11.5. The Morgan fingerprint density at radius 3 is 3.00 bits per heavy atom. The standard InChI is InChI=1S/C10H14N4OS/c1-3-7(11)6(2)10-13-9(14-15-10)8-4-16-5-12-8/h4-7H,3,11H2,1-2H3. The lowest BCUT2D eigenvalue weighted by Crippen LogP contribution is -2.25. The van der Waals surface area contributed by atoms with Gasteiger partial charge in [-0.15, -0.1) is 11.3 Å². The highest BCUT2D eigenvalue weighted by Crippen LogP contribution is 2.21. The lowest BCUT2D eigenvalue weighted by Gasteiger charge is -2.12. The molecule has 0 saturated carbocycles. The average Bonchev–Trinajstić information content (AvgIpc) is 2.96. The minimum absolute atomic E-state index is 0.0451. The van der Waals surface area contributed by atoms with Crippen molar-refractivity contribution in [2.24, 2.45) is 5.73 Å². The smallest absolute Gasteiger partial charge is 0.231 e. The number of rotatable bonds is 4. The van der Waals surface area contributed by atoms with E-state index in [4.69, 9.17) is 10.3 Å². The molecule has 0 aliphatic rings. The molecule has 0 aromatic carbocycles. The third kappa shape index (κ3) is 2.12. The first-order valence-electron chi connectivity index (χ1n) is 5.20. The summed E-state index contributed by atoms with van der Waals surface area (Å²) in [4.78, 5) is 8.43. The molecular formula is C10H14N4OS. The molecule has 0 saturated heterocycles. The van der Waals surface area contributed by atoms with Crippen LogP contribution in [0, 0.1) is 0 Å². The van der Waals surface area contributed by atoms with Crippen LogP contribution in [0.5, 0.6) is 0 Å². The molecule has 2 N–H and O–H groups in total. The number of nitrogens with two attached hydrogens (primary N) is 1. The van der Waals surface area contributed by atoms with Gasteiger partial charge in [0.15, 0.2) is 0 Å². The second-order valence-corrected chi connectivity index (χ2v) is 4.41. The van der Waals surface area contributed by atoms with Crippen molar-refractivity contribution in [2.75, 3.05) is 0 Å². The largest absolute Gasteiger partial charge is 0.339 e. The third-order valence-corrected chi connectivity index (χ3v) is 3.19. The molecule has 0 fully saturated rings. The van der Waals surface area contributed by atoms with Gasteiger partial charge in [0, 0.05) is 11.4 Å². The van der Waals surface area contributed by atoms with Gasteiger partial charge in [-0.05, 0) is 6.42 Å². The molecule has 2 heterocycles. The van der Waals surface area contributed by atoms with E-state index in [1.807, 2.05) is 19.2 Å². The predicted octanol–water partition coefficient (Wildman–Crippen LogP) is 2.03. The highest BCUT2D eigenvalue weighted by Gasteiger charge is 2.20. The van der Waals surface area contributed by atoms with Crippen molar-refractivity contribution >= 4 is 11.3 Å². The van der Waals surface area contributed by atoms with Crippen molar-refractivity contribution in [2.45, 2.75) is 32.2 Å². The van der Waals surface area contributed by atoms with Gasteiger partial charge in [0.2, 0.25) is 11.7 Å². The second-order valence-electron chi connectivity index (χ2n) is 3.69. The van der Waals surface area contributed by atoms with Crippen molar-refractivity contribution in [3.63, 3.8) is 0 Å². The maximum Gasteiger partial charge on any atom is 0.231 e. The molecule has 2 unspecified atom stereocenters. The van der Waals surface area contributed by atoms with E-state index in [0.29, 0.717) is 11.7 Å². The molecule has 2 atom stereocenters. The van der Waals surface area contributed by atoms with Crippen molar-refractivity contribution in [1.82, 2.24) is 15.1 Å². The molecule has 0 bridgehead atoms. The topological polar surface area (TPSA) is 77.8 Å². The lowest BCUT2D eigenvalue weighted by atomic mass is 10.0. The fourth-order valence-corrected chi connectivity index (χ4v) is 1.91. The van der Waals surface area contributed by atoms with Crippen LogP contribution in [-0.2, 0) is 0 Å². The Hall–Kier alpha value is -1.27. The summed E-state index contributed by atoms with van der Waals surface area (Å²) >= 11 is 1.51. The van der Waals surface area contributed by atoms with Gasteiger partial charge in [0.05, 0.1) is 11.4 Å². The molecule has 2 rings (SSSR count). The number of aromatic nitrogens is 3. The second kappa shape index (κ2) is 4.71. The van der Waals surface area contributed by atoms with E-state index in [1.54, 1.807) is 5.51 Å². The number of thiazole rings is 1. The fraction of sp³-hybridized carbons (Fsp3) is 0.500. The van der Waals surface area contributed by atoms with Crippen LogP contribution in [0.1, 0.15) is 32.1 Å². The van der Waals surface area contributed by atoms with Crippen LogP contribution in [0.25, 0.3) is 11.5 Å². The molecular weight excluding hydrogens is 224 g/mol. The third-order valence-electron chi connectivity index (χ3n) is 2.61. The molecule has 0 spiro atoms. The highest BCUT2D eigenvalue weighted by atomic mass is 32.1. The minimum Gasteiger partial charge on any atom is -0.339 e. The Bertz CT molecular complexity index is 439. The molecule has 0 aliphatic heterocycles.